The van der Waals surface area contributed by atoms with E-state index in [1.807, 2.05) is 36.4 Å². The highest BCUT2D eigenvalue weighted by Crippen LogP contribution is 2.36. The number of para-hydroxylation sites is 1. The van der Waals surface area contributed by atoms with Crippen molar-refractivity contribution < 1.29 is 23.5 Å². The lowest BCUT2D eigenvalue weighted by molar-refractivity contribution is -0.123. The molecule has 7 heteroatoms. The van der Waals surface area contributed by atoms with Crippen molar-refractivity contribution >= 4 is 11.6 Å². The fraction of sp³-hybridized carbons (Fsp3) is 0.238. The Bertz CT molecular complexity index is 1030. The second-order valence-corrected chi connectivity index (χ2v) is 6.67. The van der Waals surface area contributed by atoms with E-state index in [9.17, 15) is 4.79 Å². The van der Waals surface area contributed by atoms with Crippen LogP contribution in [0.4, 0.5) is 5.69 Å². The van der Waals surface area contributed by atoms with Crippen LogP contribution in [0, 0.1) is 0 Å². The summed E-state index contributed by atoms with van der Waals surface area (Å²) in [6, 6.07) is 15.3. The molecule has 0 saturated heterocycles. The molecule has 142 valence electrons. The highest BCUT2D eigenvalue weighted by Gasteiger charge is 2.24. The number of ether oxygens (including phenoxy) is 3. The quantitative estimate of drug-likeness (QED) is 0.679. The second kappa shape index (κ2) is 7.01. The van der Waals surface area contributed by atoms with E-state index in [0.717, 1.165) is 17.7 Å². The van der Waals surface area contributed by atoms with Crippen molar-refractivity contribution in [1.82, 2.24) is 5.16 Å². The molecule has 2 aliphatic rings. The fourth-order valence-electron chi connectivity index (χ4n) is 3.48. The van der Waals surface area contributed by atoms with Gasteiger partial charge < -0.3 is 23.6 Å². The molecule has 1 amide bonds. The highest BCUT2D eigenvalue weighted by molar-refractivity contribution is 5.96. The number of benzene rings is 2. The summed E-state index contributed by atoms with van der Waals surface area (Å²) in [4.78, 5) is 14.2. The zero-order valence-electron chi connectivity index (χ0n) is 15.1. The van der Waals surface area contributed by atoms with Gasteiger partial charge in [-0.25, -0.2) is 0 Å². The van der Waals surface area contributed by atoms with Crippen molar-refractivity contribution in [2.24, 2.45) is 0 Å². The van der Waals surface area contributed by atoms with E-state index in [0.29, 0.717) is 29.5 Å². The van der Waals surface area contributed by atoms with E-state index in [1.54, 1.807) is 11.0 Å². The van der Waals surface area contributed by atoms with Crippen molar-refractivity contribution in [1.29, 1.82) is 0 Å². The van der Waals surface area contributed by atoms with Gasteiger partial charge in [-0.2, -0.15) is 0 Å². The van der Waals surface area contributed by atoms with Crippen LogP contribution in [-0.2, 0) is 22.6 Å². The van der Waals surface area contributed by atoms with E-state index in [2.05, 4.69) is 11.2 Å². The Morgan fingerprint density at radius 2 is 2.00 bits per heavy atom. The predicted molar refractivity (Wildman–Crippen MR) is 100 cm³/mol. The molecule has 0 N–H and O–H groups in total. The molecule has 2 aliphatic heterocycles. The molecule has 3 aromatic rings. The zero-order valence-corrected chi connectivity index (χ0v) is 15.1. The lowest BCUT2D eigenvalue weighted by atomic mass is 10.1. The molecule has 1 aromatic heterocycles. The average molecular weight is 378 g/mol. The standard InChI is InChI=1S/C21H18N2O5/c24-21(23-8-7-14-3-1-2-4-17(14)23)12-25-11-16-10-19(28-22-16)15-5-6-18-20(9-15)27-13-26-18/h1-6,9-10H,7-8,11-13H2. The van der Waals surface area contributed by atoms with Gasteiger partial charge >= 0.3 is 0 Å². The Balaban J connectivity index is 1.19. The first kappa shape index (κ1) is 16.8. The van der Waals surface area contributed by atoms with Gasteiger partial charge in [0.25, 0.3) is 5.91 Å². The summed E-state index contributed by atoms with van der Waals surface area (Å²) in [5, 5.41) is 4.02. The molecule has 0 spiro atoms. The number of anilines is 1. The van der Waals surface area contributed by atoms with Gasteiger partial charge in [0.15, 0.2) is 17.3 Å². The van der Waals surface area contributed by atoms with Gasteiger partial charge in [-0.15, -0.1) is 0 Å². The number of fused-ring (bicyclic) bond motifs is 2. The molecule has 28 heavy (non-hydrogen) atoms. The van der Waals surface area contributed by atoms with E-state index >= 15 is 0 Å². The zero-order chi connectivity index (χ0) is 18.9. The normalized spacial score (nSPS) is 14.4. The lowest BCUT2D eigenvalue weighted by Crippen LogP contribution is -2.32. The molecule has 0 bridgehead atoms. The molecule has 0 aliphatic carbocycles. The van der Waals surface area contributed by atoms with Gasteiger partial charge in [0.05, 0.1) is 6.61 Å². The second-order valence-electron chi connectivity index (χ2n) is 6.67. The molecule has 0 unspecified atom stereocenters. The SMILES string of the molecule is O=C(COCc1cc(-c2ccc3c(c2)OCO3)on1)N1CCc2ccccc21. The van der Waals surface area contributed by atoms with Crippen molar-refractivity contribution in [3.05, 3.63) is 59.8 Å². The predicted octanol–water partition coefficient (Wildman–Crippen LogP) is 3.18. The maximum Gasteiger partial charge on any atom is 0.253 e. The summed E-state index contributed by atoms with van der Waals surface area (Å²) in [5.74, 6) is 1.96. The summed E-state index contributed by atoms with van der Waals surface area (Å²) in [6.45, 7) is 1.12. The van der Waals surface area contributed by atoms with Crippen LogP contribution in [-0.4, -0.2) is 31.0 Å². The topological polar surface area (TPSA) is 74.0 Å². The van der Waals surface area contributed by atoms with E-state index in [4.69, 9.17) is 18.7 Å². The van der Waals surface area contributed by atoms with Crippen LogP contribution in [0.2, 0.25) is 0 Å². The maximum absolute atomic E-state index is 12.5. The first-order valence-corrected chi connectivity index (χ1v) is 9.09. The Labute approximate surface area is 161 Å². The third-order valence-electron chi connectivity index (χ3n) is 4.88. The van der Waals surface area contributed by atoms with Gasteiger partial charge in [-0.1, -0.05) is 23.4 Å². The fourth-order valence-corrected chi connectivity index (χ4v) is 3.48. The van der Waals surface area contributed by atoms with Crippen molar-refractivity contribution in [2.75, 3.05) is 24.8 Å². The van der Waals surface area contributed by atoms with Crippen LogP contribution in [0.5, 0.6) is 11.5 Å². The minimum atomic E-state index is -0.0514. The molecule has 2 aromatic carbocycles. The molecular weight excluding hydrogens is 360 g/mol. The first-order chi connectivity index (χ1) is 13.8. The van der Waals surface area contributed by atoms with Crippen LogP contribution in [0.1, 0.15) is 11.3 Å². The number of hydrogen-bond acceptors (Lipinski definition) is 6. The summed E-state index contributed by atoms with van der Waals surface area (Å²) < 4.78 is 21.7. The number of rotatable bonds is 5. The first-order valence-electron chi connectivity index (χ1n) is 9.09. The van der Waals surface area contributed by atoms with Crippen LogP contribution in [0.3, 0.4) is 0 Å². The molecule has 0 fully saturated rings. The van der Waals surface area contributed by atoms with Crippen LogP contribution >= 0.6 is 0 Å². The van der Waals surface area contributed by atoms with Crippen LogP contribution in [0.15, 0.2) is 53.1 Å². The van der Waals surface area contributed by atoms with Gasteiger partial charge in [-0.05, 0) is 36.2 Å². The molecule has 5 rings (SSSR count). The molecule has 0 saturated carbocycles. The summed E-state index contributed by atoms with van der Waals surface area (Å²) in [5.41, 5.74) is 3.64. The van der Waals surface area contributed by atoms with Gasteiger partial charge in [-0.3, -0.25) is 4.79 Å². The molecule has 3 heterocycles. The van der Waals surface area contributed by atoms with Crippen LogP contribution < -0.4 is 14.4 Å². The molecule has 7 nitrogen and oxygen atoms in total. The molecule has 0 atom stereocenters. The average Bonchev–Trinajstić information content (AvgIpc) is 3.46. The third-order valence-corrected chi connectivity index (χ3v) is 4.88. The van der Waals surface area contributed by atoms with Crippen molar-refractivity contribution in [3.63, 3.8) is 0 Å². The van der Waals surface area contributed by atoms with Crippen LogP contribution in [0.25, 0.3) is 11.3 Å². The smallest absolute Gasteiger partial charge is 0.253 e. The van der Waals surface area contributed by atoms with E-state index in [1.165, 1.54) is 5.56 Å². The Hall–Kier alpha value is -3.32. The third kappa shape index (κ3) is 3.10. The lowest BCUT2D eigenvalue weighted by Gasteiger charge is -2.16. The van der Waals surface area contributed by atoms with Crippen molar-refractivity contribution in [2.45, 2.75) is 13.0 Å². The van der Waals surface area contributed by atoms with Crippen molar-refractivity contribution in [3.8, 4) is 22.8 Å². The summed E-state index contributed by atoms with van der Waals surface area (Å²) >= 11 is 0. The minimum absolute atomic E-state index is 0.000547. The number of hydrogen-bond donors (Lipinski definition) is 0. The number of aromatic nitrogens is 1. The number of amides is 1. The van der Waals surface area contributed by atoms with E-state index < -0.39 is 0 Å². The molecular formula is C21H18N2O5. The highest BCUT2D eigenvalue weighted by atomic mass is 16.7. The monoisotopic (exact) mass is 378 g/mol. The van der Waals surface area contributed by atoms with E-state index in [-0.39, 0.29) is 25.9 Å². The maximum atomic E-state index is 12.5. The Morgan fingerprint density at radius 3 is 2.96 bits per heavy atom. The number of carbonyl (C=O) groups is 1. The summed E-state index contributed by atoms with van der Waals surface area (Å²) in [7, 11) is 0. The van der Waals surface area contributed by atoms with Gasteiger partial charge in [0.2, 0.25) is 6.79 Å². The summed E-state index contributed by atoms with van der Waals surface area (Å²) in [6.07, 6.45) is 0.879. The minimum Gasteiger partial charge on any atom is -0.454 e. The Kier molecular flexibility index (Phi) is 4.21. The Morgan fingerprint density at radius 1 is 1.11 bits per heavy atom. The van der Waals surface area contributed by atoms with Gasteiger partial charge in [0.1, 0.15) is 12.3 Å². The number of carbonyl (C=O) groups excluding carboxylic acids is 1. The number of nitrogens with zero attached hydrogens (tertiary/aromatic N) is 2. The molecule has 0 radical (unpaired) electrons. The largest absolute Gasteiger partial charge is 0.454 e. The van der Waals surface area contributed by atoms with Gasteiger partial charge in [0, 0.05) is 23.9 Å².